The standard InChI is InChI=1S/C19H25NO/c1-4-19(2,15-20-3)21-18-12-10-17(11-13-18)14-16-8-6-5-7-9-16/h5-13,20H,4,14-15H2,1-3H3. The Morgan fingerprint density at radius 2 is 1.57 bits per heavy atom. The molecule has 0 amide bonds. The third-order valence-corrected chi connectivity index (χ3v) is 3.84. The monoisotopic (exact) mass is 283 g/mol. The average molecular weight is 283 g/mol. The molecule has 0 saturated carbocycles. The molecule has 0 fully saturated rings. The summed E-state index contributed by atoms with van der Waals surface area (Å²) < 4.78 is 6.13. The number of likely N-dealkylation sites (N-methyl/N-ethyl adjacent to an activating group) is 1. The van der Waals surface area contributed by atoms with Gasteiger partial charge in [0.1, 0.15) is 11.4 Å². The van der Waals surface area contributed by atoms with Gasteiger partial charge in [-0.15, -0.1) is 0 Å². The molecule has 0 heterocycles. The predicted molar refractivity (Wildman–Crippen MR) is 88.9 cm³/mol. The lowest BCUT2D eigenvalue weighted by Crippen LogP contribution is -2.41. The number of rotatable bonds is 7. The second-order valence-electron chi connectivity index (χ2n) is 5.74. The summed E-state index contributed by atoms with van der Waals surface area (Å²) >= 11 is 0. The topological polar surface area (TPSA) is 21.3 Å². The Balaban J connectivity index is 2.02. The van der Waals surface area contributed by atoms with Crippen molar-refractivity contribution in [1.82, 2.24) is 5.32 Å². The lowest BCUT2D eigenvalue weighted by Gasteiger charge is -2.29. The molecule has 2 aromatic carbocycles. The molecule has 21 heavy (non-hydrogen) atoms. The van der Waals surface area contributed by atoms with E-state index in [-0.39, 0.29) is 5.60 Å². The van der Waals surface area contributed by atoms with E-state index in [2.05, 4.69) is 67.7 Å². The number of hydrogen-bond donors (Lipinski definition) is 1. The minimum atomic E-state index is -0.157. The van der Waals surface area contributed by atoms with Gasteiger partial charge in [-0.1, -0.05) is 49.4 Å². The van der Waals surface area contributed by atoms with E-state index in [1.165, 1.54) is 11.1 Å². The first-order valence-corrected chi connectivity index (χ1v) is 7.62. The van der Waals surface area contributed by atoms with Gasteiger partial charge in [0.15, 0.2) is 0 Å². The summed E-state index contributed by atoms with van der Waals surface area (Å²) in [4.78, 5) is 0. The second-order valence-corrected chi connectivity index (χ2v) is 5.74. The Morgan fingerprint density at radius 3 is 2.14 bits per heavy atom. The van der Waals surface area contributed by atoms with E-state index in [0.29, 0.717) is 0 Å². The molecule has 0 spiro atoms. The summed E-state index contributed by atoms with van der Waals surface area (Å²) in [5.74, 6) is 0.936. The minimum Gasteiger partial charge on any atom is -0.486 e. The van der Waals surface area contributed by atoms with Gasteiger partial charge in [0, 0.05) is 6.54 Å². The van der Waals surface area contributed by atoms with Gasteiger partial charge in [-0.3, -0.25) is 0 Å². The van der Waals surface area contributed by atoms with Crippen LogP contribution < -0.4 is 10.1 Å². The van der Waals surface area contributed by atoms with Crippen LogP contribution in [0.5, 0.6) is 5.75 Å². The van der Waals surface area contributed by atoms with Gasteiger partial charge in [0.2, 0.25) is 0 Å². The van der Waals surface area contributed by atoms with Crippen LogP contribution in [-0.2, 0) is 6.42 Å². The van der Waals surface area contributed by atoms with Crippen LogP contribution in [0, 0.1) is 0 Å². The van der Waals surface area contributed by atoms with Gasteiger partial charge >= 0.3 is 0 Å². The SMILES string of the molecule is CCC(C)(CNC)Oc1ccc(Cc2ccccc2)cc1. The van der Waals surface area contributed by atoms with Gasteiger partial charge in [-0.25, -0.2) is 0 Å². The molecule has 2 heteroatoms. The molecule has 0 aliphatic rings. The van der Waals surface area contributed by atoms with Crippen LogP contribution in [0.2, 0.25) is 0 Å². The van der Waals surface area contributed by atoms with E-state index in [1.807, 2.05) is 13.1 Å². The third kappa shape index (κ3) is 4.61. The van der Waals surface area contributed by atoms with Crippen molar-refractivity contribution in [2.45, 2.75) is 32.3 Å². The van der Waals surface area contributed by atoms with E-state index < -0.39 is 0 Å². The molecule has 0 bridgehead atoms. The molecule has 2 nitrogen and oxygen atoms in total. The van der Waals surface area contributed by atoms with Crippen molar-refractivity contribution in [3.8, 4) is 5.75 Å². The molecule has 1 unspecified atom stereocenters. The zero-order valence-electron chi connectivity index (χ0n) is 13.2. The first-order valence-electron chi connectivity index (χ1n) is 7.62. The van der Waals surface area contributed by atoms with Crippen molar-refractivity contribution in [1.29, 1.82) is 0 Å². The van der Waals surface area contributed by atoms with E-state index in [4.69, 9.17) is 4.74 Å². The van der Waals surface area contributed by atoms with Gasteiger partial charge in [-0.05, 0) is 50.1 Å². The highest BCUT2D eigenvalue weighted by Crippen LogP contribution is 2.22. The zero-order valence-corrected chi connectivity index (χ0v) is 13.2. The number of ether oxygens (including phenoxy) is 1. The molecule has 112 valence electrons. The highest BCUT2D eigenvalue weighted by atomic mass is 16.5. The van der Waals surface area contributed by atoms with Crippen molar-refractivity contribution >= 4 is 0 Å². The fraction of sp³-hybridized carbons (Fsp3) is 0.368. The van der Waals surface area contributed by atoms with Crippen molar-refractivity contribution in [2.24, 2.45) is 0 Å². The molecule has 1 N–H and O–H groups in total. The number of nitrogens with one attached hydrogen (secondary N) is 1. The number of benzene rings is 2. The van der Waals surface area contributed by atoms with Crippen molar-refractivity contribution in [3.63, 3.8) is 0 Å². The third-order valence-electron chi connectivity index (χ3n) is 3.84. The highest BCUT2D eigenvalue weighted by Gasteiger charge is 2.22. The van der Waals surface area contributed by atoms with Crippen molar-refractivity contribution in [2.75, 3.05) is 13.6 Å². The lowest BCUT2D eigenvalue weighted by atomic mass is 10.0. The molecule has 0 aliphatic heterocycles. The van der Waals surface area contributed by atoms with E-state index in [1.54, 1.807) is 0 Å². The largest absolute Gasteiger partial charge is 0.486 e. The molecular formula is C19H25NO. The maximum Gasteiger partial charge on any atom is 0.120 e. The van der Waals surface area contributed by atoms with Crippen LogP contribution in [0.4, 0.5) is 0 Å². The zero-order chi connectivity index (χ0) is 15.1. The van der Waals surface area contributed by atoms with E-state index in [0.717, 1.165) is 25.1 Å². The smallest absolute Gasteiger partial charge is 0.120 e. The molecular weight excluding hydrogens is 258 g/mol. The normalized spacial score (nSPS) is 13.7. The Morgan fingerprint density at radius 1 is 0.952 bits per heavy atom. The summed E-state index contributed by atoms with van der Waals surface area (Å²) in [6.45, 7) is 5.14. The average Bonchev–Trinajstić information content (AvgIpc) is 2.51. The lowest BCUT2D eigenvalue weighted by molar-refractivity contribution is 0.0858. The van der Waals surface area contributed by atoms with Crippen molar-refractivity contribution < 1.29 is 4.74 Å². The Labute approximate surface area is 128 Å². The van der Waals surface area contributed by atoms with Gasteiger partial charge in [0.05, 0.1) is 0 Å². The molecule has 0 aromatic heterocycles. The van der Waals surface area contributed by atoms with Crippen LogP contribution in [-0.4, -0.2) is 19.2 Å². The van der Waals surface area contributed by atoms with Gasteiger partial charge in [0.25, 0.3) is 0 Å². The Kier molecular flexibility index (Phi) is 5.40. The quantitative estimate of drug-likeness (QED) is 0.828. The summed E-state index contributed by atoms with van der Waals surface area (Å²) in [7, 11) is 1.96. The summed E-state index contributed by atoms with van der Waals surface area (Å²) in [5.41, 5.74) is 2.48. The predicted octanol–water partition coefficient (Wildman–Crippen LogP) is 4.04. The first-order chi connectivity index (χ1) is 10.1. The molecule has 1 atom stereocenters. The molecule has 0 aliphatic carbocycles. The summed E-state index contributed by atoms with van der Waals surface area (Å²) in [6.07, 6.45) is 1.93. The minimum absolute atomic E-state index is 0.157. The Hall–Kier alpha value is -1.80. The van der Waals surface area contributed by atoms with E-state index >= 15 is 0 Å². The van der Waals surface area contributed by atoms with Crippen LogP contribution in [0.3, 0.4) is 0 Å². The molecule has 2 aromatic rings. The van der Waals surface area contributed by atoms with Crippen LogP contribution >= 0.6 is 0 Å². The van der Waals surface area contributed by atoms with Crippen LogP contribution in [0.15, 0.2) is 54.6 Å². The van der Waals surface area contributed by atoms with Crippen LogP contribution in [0.25, 0.3) is 0 Å². The molecule has 2 rings (SSSR count). The fourth-order valence-electron chi connectivity index (χ4n) is 2.40. The fourth-order valence-corrected chi connectivity index (χ4v) is 2.40. The highest BCUT2D eigenvalue weighted by molar-refractivity contribution is 5.31. The molecule has 0 saturated heterocycles. The maximum atomic E-state index is 6.13. The summed E-state index contributed by atoms with van der Waals surface area (Å²) in [6, 6.07) is 19.0. The first kappa shape index (κ1) is 15.6. The molecule has 0 radical (unpaired) electrons. The second kappa shape index (κ2) is 7.28. The van der Waals surface area contributed by atoms with Gasteiger partial charge < -0.3 is 10.1 Å². The van der Waals surface area contributed by atoms with Crippen LogP contribution in [0.1, 0.15) is 31.4 Å². The van der Waals surface area contributed by atoms with Gasteiger partial charge in [-0.2, -0.15) is 0 Å². The maximum absolute atomic E-state index is 6.13. The van der Waals surface area contributed by atoms with Crippen molar-refractivity contribution in [3.05, 3.63) is 65.7 Å². The summed E-state index contributed by atoms with van der Waals surface area (Å²) in [5, 5.41) is 3.20. The van der Waals surface area contributed by atoms with E-state index in [9.17, 15) is 0 Å². The number of hydrogen-bond acceptors (Lipinski definition) is 2. The Bertz CT molecular complexity index is 535.